The number of nitrogens with zero attached hydrogens (tertiary/aromatic N) is 1. The van der Waals surface area contributed by atoms with Crippen LogP contribution in [0.1, 0.15) is 0 Å². The average Bonchev–Trinajstić information content (AvgIpc) is 3.17. The molecule has 0 saturated carbocycles. The molecule has 2 saturated heterocycles. The first-order valence-corrected chi connectivity index (χ1v) is 7.42. The summed E-state index contributed by atoms with van der Waals surface area (Å²) in [5, 5.41) is 0. The summed E-state index contributed by atoms with van der Waals surface area (Å²) in [6, 6.07) is 6.90. The zero-order valence-corrected chi connectivity index (χ0v) is 13.3. The Labute approximate surface area is 138 Å². The Kier molecular flexibility index (Phi) is 4.28. The average molecular weight is 335 g/mol. The lowest BCUT2D eigenvalue weighted by molar-refractivity contribution is -0.151. The molecule has 2 unspecified atom stereocenters. The van der Waals surface area contributed by atoms with E-state index in [0.29, 0.717) is 11.4 Å². The number of benzene rings is 1. The molecule has 3 atom stereocenters. The van der Waals surface area contributed by atoms with Crippen molar-refractivity contribution in [1.29, 1.82) is 0 Å². The molecule has 1 aromatic carbocycles. The summed E-state index contributed by atoms with van der Waals surface area (Å²) in [4.78, 5) is 37.5. The molecular formula is C16H17NO7. The van der Waals surface area contributed by atoms with Crippen molar-refractivity contribution in [1.82, 2.24) is 0 Å². The van der Waals surface area contributed by atoms with Crippen molar-refractivity contribution < 1.29 is 33.3 Å². The summed E-state index contributed by atoms with van der Waals surface area (Å²) >= 11 is 0. The third-order valence-corrected chi connectivity index (χ3v) is 4.28. The van der Waals surface area contributed by atoms with Crippen molar-refractivity contribution in [3.63, 3.8) is 0 Å². The number of methoxy groups -OCH3 is 2. The Morgan fingerprint density at radius 3 is 2.46 bits per heavy atom. The van der Waals surface area contributed by atoms with Crippen molar-refractivity contribution >= 4 is 23.7 Å². The largest absolute Gasteiger partial charge is 0.508 e. The first-order chi connectivity index (χ1) is 11.5. The van der Waals surface area contributed by atoms with Crippen LogP contribution in [0.2, 0.25) is 0 Å². The normalized spacial score (nSPS) is 26.1. The predicted octanol–water partition coefficient (Wildman–Crippen LogP) is 0.983. The number of carbonyl (C=O) groups excluding carboxylic acids is 3. The highest BCUT2D eigenvalue weighted by molar-refractivity contribution is 6.08. The molecule has 0 spiro atoms. The Morgan fingerprint density at radius 2 is 1.92 bits per heavy atom. The minimum atomic E-state index is -1.03. The second kappa shape index (κ2) is 6.38. The van der Waals surface area contributed by atoms with Gasteiger partial charge in [-0.2, -0.15) is 0 Å². The standard InChI is InChI=1S/C16H17NO7/c1-21-10-5-3-9(4-6-10)17-7-11(12-8-23-16(20)24-12)13(14(17)18)15(19)22-2/h3-6,11-13H,7-8H2,1-2H3/t11?,12-,13?/m1/s1. The number of hydrogen-bond donors (Lipinski definition) is 0. The molecule has 0 aromatic heterocycles. The molecule has 2 aliphatic heterocycles. The molecule has 2 heterocycles. The zero-order chi connectivity index (χ0) is 17.3. The summed E-state index contributed by atoms with van der Waals surface area (Å²) in [6.07, 6.45) is -1.45. The van der Waals surface area contributed by atoms with Crippen LogP contribution in [0.5, 0.6) is 5.75 Å². The molecule has 3 rings (SSSR count). The van der Waals surface area contributed by atoms with Gasteiger partial charge in [0.05, 0.1) is 14.2 Å². The third-order valence-electron chi connectivity index (χ3n) is 4.28. The van der Waals surface area contributed by atoms with Gasteiger partial charge in [-0.25, -0.2) is 4.79 Å². The first-order valence-electron chi connectivity index (χ1n) is 7.42. The Bertz CT molecular complexity index is 657. The fraction of sp³-hybridized carbons (Fsp3) is 0.438. The number of anilines is 1. The molecule has 24 heavy (non-hydrogen) atoms. The first kappa shape index (κ1) is 16.1. The molecule has 0 aliphatic carbocycles. The Balaban J connectivity index is 1.87. The van der Waals surface area contributed by atoms with Gasteiger partial charge in [0.15, 0.2) is 0 Å². The van der Waals surface area contributed by atoms with E-state index in [-0.39, 0.29) is 19.1 Å². The lowest BCUT2D eigenvalue weighted by Gasteiger charge is -2.18. The number of cyclic esters (lactones) is 2. The van der Waals surface area contributed by atoms with Gasteiger partial charge in [0.1, 0.15) is 24.4 Å². The minimum Gasteiger partial charge on any atom is -0.497 e. The van der Waals surface area contributed by atoms with Gasteiger partial charge in [-0.05, 0) is 24.3 Å². The predicted molar refractivity (Wildman–Crippen MR) is 80.6 cm³/mol. The summed E-state index contributed by atoms with van der Waals surface area (Å²) in [5.41, 5.74) is 0.627. The number of amides is 1. The van der Waals surface area contributed by atoms with Gasteiger partial charge in [-0.3, -0.25) is 9.59 Å². The molecule has 8 nitrogen and oxygen atoms in total. The maximum absolute atomic E-state index is 12.7. The zero-order valence-electron chi connectivity index (χ0n) is 13.3. The number of hydrogen-bond acceptors (Lipinski definition) is 7. The van der Waals surface area contributed by atoms with E-state index in [1.807, 2.05) is 0 Å². The van der Waals surface area contributed by atoms with E-state index in [2.05, 4.69) is 0 Å². The Morgan fingerprint density at radius 1 is 1.21 bits per heavy atom. The van der Waals surface area contributed by atoms with Crippen molar-refractivity contribution in [2.75, 3.05) is 32.3 Å². The van der Waals surface area contributed by atoms with E-state index in [1.165, 1.54) is 12.0 Å². The monoisotopic (exact) mass is 335 g/mol. The molecule has 2 aliphatic rings. The van der Waals surface area contributed by atoms with E-state index in [0.717, 1.165) is 0 Å². The topological polar surface area (TPSA) is 91.4 Å². The van der Waals surface area contributed by atoms with Crippen LogP contribution < -0.4 is 9.64 Å². The maximum Gasteiger partial charge on any atom is 0.508 e. The van der Waals surface area contributed by atoms with Gasteiger partial charge < -0.3 is 23.8 Å². The highest BCUT2D eigenvalue weighted by Crippen LogP contribution is 2.35. The smallest absolute Gasteiger partial charge is 0.497 e. The highest BCUT2D eigenvalue weighted by Gasteiger charge is 2.52. The van der Waals surface area contributed by atoms with Crippen LogP contribution in [0.15, 0.2) is 24.3 Å². The van der Waals surface area contributed by atoms with Gasteiger partial charge in [-0.15, -0.1) is 0 Å². The van der Waals surface area contributed by atoms with E-state index < -0.39 is 30.1 Å². The van der Waals surface area contributed by atoms with Crippen molar-refractivity contribution in [3.05, 3.63) is 24.3 Å². The van der Waals surface area contributed by atoms with Crippen LogP contribution in [0, 0.1) is 11.8 Å². The molecule has 0 radical (unpaired) electrons. The highest BCUT2D eigenvalue weighted by atomic mass is 16.8. The molecule has 8 heteroatoms. The van der Waals surface area contributed by atoms with Crippen LogP contribution in [0.25, 0.3) is 0 Å². The van der Waals surface area contributed by atoms with Gasteiger partial charge in [0.2, 0.25) is 5.91 Å². The maximum atomic E-state index is 12.7. The van der Waals surface area contributed by atoms with Gasteiger partial charge in [0.25, 0.3) is 0 Å². The van der Waals surface area contributed by atoms with Crippen molar-refractivity contribution in [2.45, 2.75) is 6.10 Å². The summed E-state index contributed by atoms with van der Waals surface area (Å²) in [7, 11) is 2.77. The lowest BCUT2D eigenvalue weighted by Crippen LogP contribution is -2.35. The van der Waals surface area contributed by atoms with Gasteiger partial charge >= 0.3 is 12.1 Å². The molecule has 1 aromatic rings. The second-order valence-electron chi connectivity index (χ2n) is 5.53. The quantitative estimate of drug-likeness (QED) is 0.598. The summed E-state index contributed by atoms with van der Waals surface area (Å²) in [5.74, 6) is -1.94. The Hall–Kier alpha value is -2.77. The fourth-order valence-corrected chi connectivity index (χ4v) is 3.04. The van der Waals surface area contributed by atoms with E-state index >= 15 is 0 Å². The number of carbonyl (C=O) groups is 3. The van der Waals surface area contributed by atoms with Crippen LogP contribution >= 0.6 is 0 Å². The molecule has 0 N–H and O–H groups in total. The fourth-order valence-electron chi connectivity index (χ4n) is 3.04. The van der Waals surface area contributed by atoms with Gasteiger partial charge in [0, 0.05) is 18.2 Å². The minimum absolute atomic E-state index is 0.0146. The summed E-state index contributed by atoms with van der Waals surface area (Å²) < 4.78 is 19.7. The molecule has 128 valence electrons. The third kappa shape index (κ3) is 2.75. The van der Waals surface area contributed by atoms with E-state index in [9.17, 15) is 14.4 Å². The molecule has 2 fully saturated rings. The molecular weight excluding hydrogens is 318 g/mol. The van der Waals surface area contributed by atoms with Crippen LogP contribution in [0.4, 0.5) is 10.5 Å². The molecule has 0 bridgehead atoms. The lowest BCUT2D eigenvalue weighted by atomic mass is 9.90. The SMILES string of the molecule is COC(=O)C1C(=O)N(c2ccc(OC)cc2)CC1[C@H]1COC(=O)O1. The van der Waals surface area contributed by atoms with Crippen LogP contribution in [-0.4, -0.2) is 51.5 Å². The second-order valence-corrected chi connectivity index (χ2v) is 5.53. The van der Waals surface area contributed by atoms with Crippen LogP contribution in [0.3, 0.4) is 0 Å². The van der Waals surface area contributed by atoms with Crippen molar-refractivity contribution in [2.24, 2.45) is 11.8 Å². The number of esters is 1. The number of ether oxygens (including phenoxy) is 4. The molecule has 1 amide bonds. The van der Waals surface area contributed by atoms with Gasteiger partial charge in [-0.1, -0.05) is 0 Å². The van der Waals surface area contributed by atoms with Crippen LogP contribution in [-0.2, 0) is 23.8 Å². The van der Waals surface area contributed by atoms with E-state index in [1.54, 1.807) is 31.4 Å². The van der Waals surface area contributed by atoms with Crippen molar-refractivity contribution in [3.8, 4) is 5.75 Å². The number of rotatable bonds is 4. The van der Waals surface area contributed by atoms with E-state index in [4.69, 9.17) is 18.9 Å². The summed E-state index contributed by atoms with van der Waals surface area (Å²) in [6.45, 7) is 0.243.